The molecule has 1 N–H and O–H groups in total. The number of nitrogens with one attached hydrogen (secondary N) is 1. The lowest BCUT2D eigenvalue weighted by molar-refractivity contribution is -0.122. The van der Waals surface area contributed by atoms with Gasteiger partial charge in [-0.15, -0.1) is 11.3 Å². The van der Waals surface area contributed by atoms with Crippen LogP contribution in [0.3, 0.4) is 0 Å². The Morgan fingerprint density at radius 1 is 1.10 bits per heavy atom. The number of likely N-dealkylation sites (tertiary alicyclic amines) is 1. The maximum atomic E-state index is 13.1. The summed E-state index contributed by atoms with van der Waals surface area (Å²) < 4.78 is 0. The molecular formula is C24H26N4O2S. The Balaban J connectivity index is 1.21. The van der Waals surface area contributed by atoms with E-state index in [4.69, 9.17) is 4.98 Å². The first kappa shape index (κ1) is 20.1. The monoisotopic (exact) mass is 434 g/mol. The molecule has 0 unspecified atom stereocenters. The highest BCUT2D eigenvalue weighted by Crippen LogP contribution is 2.30. The van der Waals surface area contributed by atoms with Crippen molar-refractivity contribution in [2.75, 3.05) is 19.6 Å². The summed E-state index contributed by atoms with van der Waals surface area (Å²) in [5.74, 6) is 0.681. The minimum atomic E-state index is -0.00461. The van der Waals surface area contributed by atoms with Crippen LogP contribution in [-0.2, 0) is 11.2 Å². The van der Waals surface area contributed by atoms with Crippen LogP contribution < -0.4 is 5.32 Å². The average molecular weight is 435 g/mol. The number of para-hydroxylation sites is 1. The highest BCUT2D eigenvalue weighted by Gasteiger charge is 2.30. The number of piperidine rings is 1. The summed E-state index contributed by atoms with van der Waals surface area (Å²) in [6.07, 6.45) is 4.82. The second-order valence-electron chi connectivity index (χ2n) is 8.47. The lowest BCUT2D eigenvalue weighted by atomic mass is 9.98. The molecule has 7 heteroatoms. The predicted molar refractivity (Wildman–Crippen MR) is 121 cm³/mol. The summed E-state index contributed by atoms with van der Waals surface area (Å²) in [6.45, 7) is 2.08. The van der Waals surface area contributed by atoms with Gasteiger partial charge in [-0.05, 0) is 37.8 Å². The highest BCUT2D eigenvalue weighted by atomic mass is 32.1. The van der Waals surface area contributed by atoms with E-state index in [1.165, 1.54) is 0 Å². The lowest BCUT2D eigenvalue weighted by Gasteiger charge is -2.31. The van der Waals surface area contributed by atoms with Gasteiger partial charge >= 0.3 is 0 Å². The fourth-order valence-corrected chi connectivity index (χ4v) is 5.12. The van der Waals surface area contributed by atoms with E-state index in [1.807, 2.05) is 41.3 Å². The van der Waals surface area contributed by atoms with Gasteiger partial charge in [0.1, 0.15) is 5.69 Å². The summed E-state index contributed by atoms with van der Waals surface area (Å²) in [4.78, 5) is 36.2. The molecule has 2 fully saturated rings. The van der Waals surface area contributed by atoms with Gasteiger partial charge < -0.3 is 10.2 Å². The topological polar surface area (TPSA) is 75.2 Å². The van der Waals surface area contributed by atoms with Gasteiger partial charge in [-0.25, -0.2) is 9.97 Å². The molecule has 3 aromatic rings. The van der Waals surface area contributed by atoms with Crippen molar-refractivity contribution < 1.29 is 9.59 Å². The van der Waals surface area contributed by atoms with Crippen molar-refractivity contribution in [1.82, 2.24) is 20.2 Å². The Labute approximate surface area is 185 Å². The molecular weight excluding hydrogens is 408 g/mol. The van der Waals surface area contributed by atoms with Crippen LogP contribution in [-0.4, -0.2) is 46.3 Å². The van der Waals surface area contributed by atoms with Crippen LogP contribution in [0.2, 0.25) is 0 Å². The number of nitrogens with zero attached hydrogens (tertiary/aromatic N) is 3. The van der Waals surface area contributed by atoms with E-state index in [9.17, 15) is 9.59 Å². The molecule has 1 aromatic carbocycles. The van der Waals surface area contributed by atoms with E-state index < -0.39 is 0 Å². The van der Waals surface area contributed by atoms with Crippen molar-refractivity contribution in [3.63, 3.8) is 0 Å². The van der Waals surface area contributed by atoms with Crippen LogP contribution in [0, 0.1) is 5.92 Å². The minimum Gasteiger partial charge on any atom is -0.355 e. The Hall–Kier alpha value is -2.80. The SMILES string of the molecule is O=C(NCCc1csc([C@H]2CCCN(C(=O)c3ccc4ccccc4n3)C2)n1)C1CC1. The van der Waals surface area contributed by atoms with Gasteiger partial charge in [0.15, 0.2) is 0 Å². The van der Waals surface area contributed by atoms with Gasteiger partial charge in [0.2, 0.25) is 5.91 Å². The van der Waals surface area contributed by atoms with Crippen LogP contribution >= 0.6 is 11.3 Å². The zero-order valence-electron chi connectivity index (χ0n) is 17.4. The third-order valence-corrected chi connectivity index (χ3v) is 7.13. The Morgan fingerprint density at radius 2 is 1.97 bits per heavy atom. The smallest absolute Gasteiger partial charge is 0.272 e. The van der Waals surface area contributed by atoms with Crippen molar-refractivity contribution in [1.29, 1.82) is 0 Å². The Kier molecular flexibility index (Phi) is 5.68. The van der Waals surface area contributed by atoms with Crippen molar-refractivity contribution in [2.24, 2.45) is 5.92 Å². The second-order valence-corrected chi connectivity index (χ2v) is 9.36. The van der Waals surface area contributed by atoms with E-state index >= 15 is 0 Å². The van der Waals surface area contributed by atoms with Gasteiger partial charge in [0, 0.05) is 48.7 Å². The number of aromatic nitrogens is 2. The van der Waals surface area contributed by atoms with E-state index in [1.54, 1.807) is 11.3 Å². The number of carbonyl (C=O) groups is 2. The number of hydrogen-bond acceptors (Lipinski definition) is 5. The van der Waals surface area contributed by atoms with Gasteiger partial charge in [0.25, 0.3) is 5.91 Å². The fraction of sp³-hybridized carbons (Fsp3) is 0.417. The maximum Gasteiger partial charge on any atom is 0.272 e. The zero-order chi connectivity index (χ0) is 21.2. The molecule has 6 nitrogen and oxygen atoms in total. The summed E-state index contributed by atoms with van der Waals surface area (Å²) >= 11 is 1.67. The molecule has 3 heterocycles. The van der Waals surface area contributed by atoms with Gasteiger partial charge in [0.05, 0.1) is 16.2 Å². The third kappa shape index (κ3) is 4.61. The number of pyridine rings is 1. The van der Waals surface area contributed by atoms with Crippen LogP contribution in [0.15, 0.2) is 41.8 Å². The molecule has 0 bridgehead atoms. The average Bonchev–Trinajstić information content (AvgIpc) is 3.57. The second kappa shape index (κ2) is 8.75. The van der Waals surface area contributed by atoms with E-state index in [2.05, 4.69) is 15.7 Å². The first-order chi connectivity index (χ1) is 15.2. The predicted octanol–water partition coefficient (Wildman–Crippen LogP) is 3.78. The molecule has 1 saturated heterocycles. The number of carbonyl (C=O) groups excluding carboxylic acids is 2. The molecule has 1 saturated carbocycles. The Morgan fingerprint density at radius 3 is 2.84 bits per heavy atom. The van der Waals surface area contributed by atoms with Crippen molar-refractivity contribution in [3.8, 4) is 0 Å². The normalized spacial score (nSPS) is 18.8. The quantitative estimate of drug-likeness (QED) is 0.641. The lowest BCUT2D eigenvalue weighted by Crippen LogP contribution is -2.39. The fourth-order valence-electron chi connectivity index (χ4n) is 4.14. The minimum absolute atomic E-state index is 0.00461. The number of benzene rings is 1. The van der Waals surface area contributed by atoms with Crippen LogP contribution in [0.25, 0.3) is 10.9 Å². The standard InChI is InChI=1S/C24H26N4O2S/c29-22(17-7-8-17)25-12-11-19-15-31-23(26-19)18-5-3-13-28(14-18)24(30)21-10-9-16-4-1-2-6-20(16)27-21/h1-2,4,6,9-10,15,17-18H,3,5,7-8,11-14H2,(H,25,29)/t18-/m0/s1. The molecule has 2 amide bonds. The number of hydrogen-bond donors (Lipinski definition) is 1. The van der Waals surface area contributed by atoms with Crippen molar-refractivity contribution in [2.45, 2.75) is 38.0 Å². The van der Waals surface area contributed by atoms with Gasteiger partial charge in [-0.2, -0.15) is 0 Å². The van der Waals surface area contributed by atoms with Gasteiger partial charge in [-0.3, -0.25) is 9.59 Å². The third-order valence-electron chi connectivity index (χ3n) is 6.07. The first-order valence-electron chi connectivity index (χ1n) is 11.0. The molecule has 1 aliphatic heterocycles. The molecule has 0 spiro atoms. The molecule has 0 radical (unpaired) electrons. The number of rotatable bonds is 6. The van der Waals surface area contributed by atoms with E-state index in [0.29, 0.717) is 18.8 Å². The zero-order valence-corrected chi connectivity index (χ0v) is 18.2. The van der Waals surface area contributed by atoms with E-state index in [0.717, 1.165) is 60.3 Å². The number of amides is 2. The highest BCUT2D eigenvalue weighted by molar-refractivity contribution is 7.09. The molecule has 1 atom stereocenters. The molecule has 31 heavy (non-hydrogen) atoms. The Bertz CT molecular complexity index is 1110. The number of fused-ring (bicyclic) bond motifs is 1. The summed E-state index contributed by atoms with van der Waals surface area (Å²) in [7, 11) is 0. The number of thiazole rings is 1. The van der Waals surface area contributed by atoms with Crippen molar-refractivity contribution >= 4 is 34.1 Å². The molecule has 160 valence electrons. The summed E-state index contributed by atoms with van der Waals surface area (Å²) in [5, 5.41) is 7.22. The van der Waals surface area contributed by atoms with Gasteiger partial charge in [-0.1, -0.05) is 24.3 Å². The van der Waals surface area contributed by atoms with Crippen molar-refractivity contribution in [3.05, 3.63) is 58.2 Å². The van der Waals surface area contributed by atoms with Crippen LogP contribution in [0.1, 0.15) is 52.8 Å². The summed E-state index contributed by atoms with van der Waals surface area (Å²) in [5.41, 5.74) is 2.38. The van der Waals surface area contributed by atoms with Crippen LogP contribution in [0.4, 0.5) is 0 Å². The maximum absolute atomic E-state index is 13.1. The van der Waals surface area contributed by atoms with E-state index in [-0.39, 0.29) is 23.7 Å². The molecule has 2 aliphatic rings. The largest absolute Gasteiger partial charge is 0.355 e. The first-order valence-corrected chi connectivity index (χ1v) is 11.9. The molecule has 2 aromatic heterocycles. The van der Waals surface area contributed by atoms with Crippen LogP contribution in [0.5, 0.6) is 0 Å². The molecule has 5 rings (SSSR count). The molecule has 1 aliphatic carbocycles. The summed E-state index contributed by atoms with van der Waals surface area (Å²) in [6, 6.07) is 11.7.